The molecule has 1 aromatic carbocycles. The second kappa shape index (κ2) is 5.96. The number of benzene rings is 1. The van der Waals surface area contributed by atoms with Crippen molar-refractivity contribution in [1.82, 2.24) is 0 Å². The Bertz CT molecular complexity index is 333. The number of rotatable bonds is 6. The van der Waals surface area contributed by atoms with Crippen LogP contribution >= 0.6 is 0 Å². The zero-order chi connectivity index (χ0) is 12.0. The lowest BCUT2D eigenvalue weighted by molar-refractivity contribution is 0.120. The Balaban J connectivity index is 2.54. The van der Waals surface area contributed by atoms with Crippen molar-refractivity contribution < 1.29 is 13.3 Å². The maximum Gasteiger partial charge on any atom is 0.497 e. The first-order chi connectivity index (χ1) is 7.61. The van der Waals surface area contributed by atoms with Gasteiger partial charge in [0.2, 0.25) is 0 Å². The van der Waals surface area contributed by atoms with Gasteiger partial charge >= 0.3 is 8.80 Å². The molecule has 1 aromatic rings. The summed E-state index contributed by atoms with van der Waals surface area (Å²) in [6.45, 7) is 6.26. The summed E-state index contributed by atoms with van der Waals surface area (Å²) in [6, 6.07) is 9.93. The molecule has 0 unspecified atom stereocenters. The molecule has 88 valence electrons. The summed E-state index contributed by atoms with van der Waals surface area (Å²) in [7, 11) is 0.743. The van der Waals surface area contributed by atoms with Gasteiger partial charge in [-0.3, -0.25) is 0 Å². The number of hydrogen-bond donors (Lipinski definition) is 0. The topological polar surface area (TPSA) is 27.7 Å². The van der Waals surface area contributed by atoms with Gasteiger partial charge in [0.15, 0.2) is 0 Å². The van der Waals surface area contributed by atoms with Gasteiger partial charge in [0.05, 0.1) is 6.61 Å². The molecule has 16 heavy (non-hydrogen) atoms. The molecule has 0 atom stereocenters. The van der Waals surface area contributed by atoms with Crippen molar-refractivity contribution in [2.45, 2.75) is 6.55 Å². The minimum Gasteiger partial charge on any atom is -0.377 e. The lowest BCUT2D eigenvalue weighted by Gasteiger charge is -2.22. The van der Waals surface area contributed by atoms with E-state index in [0.29, 0.717) is 6.61 Å². The molecule has 0 saturated carbocycles. The van der Waals surface area contributed by atoms with E-state index < -0.39 is 8.80 Å². The second-order valence-corrected chi connectivity index (χ2v) is 6.36. The van der Waals surface area contributed by atoms with Gasteiger partial charge in [0.1, 0.15) is 0 Å². The first kappa shape index (κ1) is 13.1. The van der Waals surface area contributed by atoms with Gasteiger partial charge in [0.25, 0.3) is 0 Å². The molecule has 0 N–H and O–H groups in total. The Kier molecular flexibility index (Phi) is 4.89. The summed E-state index contributed by atoms with van der Waals surface area (Å²) in [5, 5.41) is 0. The minimum absolute atomic E-state index is 0.425. The molecule has 0 fully saturated rings. The maximum absolute atomic E-state index is 5.64. The third-order valence-corrected chi connectivity index (χ3v) is 4.58. The van der Waals surface area contributed by atoms with Crippen molar-refractivity contribution in [2.24, 2.45) is 0 Å². The Morgan fingerprint density at radius 3 is 2.25 bits per heavy atom. The van der Waals surface area contributed by atoms with Gasteiger partial charge in [-0.2, -0.15) is 0 Å². The molecule has 0 aromatic heterocycles. The van der Waals surface area contributed by atoms with Gasteiger partial charge in [0, 0.05) is 20.8 Å². The monoisotopic (exact) mass is 238 g/mol. The van der Waals surface area contributed by atoms with Crippen LogP contribution in [0, 0.1) is 0 Å². The molecule has 0 bridgehead atoms. The molecule has 0 heterocycles. The van der Waals surface area contributed by atoms with Crippen LogP contribution in [0.1, 0.15) is 5.56 Å². The fraction of sp³-hybridized carbons (Fsp3) is 0.333. The summed E-state index contributed by atoms with van der Waals surface area (Å²) >= 11 is 0. The largest absolute Gasteiger partial charge is 0.497 e. The maximum atomic E-state index is 5.64. The summed E-state index contributed by atoms with van der Waals surface area (Å²) in [5.41, 5.74) is 2.00. The molecule has 0 aliphatic rings. The Labute approximate surface area is 98.0 Å². The van der Waals surface area contributed by atoms with Gasteiger partial charge in [-0.25, -0.2) is 0 Å². The van der Waals surface area contributed by atoms with E-state index in [1.54, 1.807) is 14.2 Å². The minimum atomic E-state index is -2.45. The fourth-order valence-corrected chi connectivity index (χ4v) is 2.02. The van der Waals surface area contributed by atoms with Crippen LogP contribution in [0.5, 0.6) is 0 Å². The van der Waals surface area contributed by atoms with Crippen LogP contribution in [0.3, 0.4) is 0 Å². The quantitative estimate of drug-likeness (QED) is 0.713. The van der Waals surface area contributed by atoms with E-state index in [9.17, 15) is 0 Å². The highest BCUT2D eigenvalue weighted by Gasteiger charge is 2.31. The van der Waals surface area contributed by atoms with E-state index in [0.717, 1.165) is 11.1 Å². The first-order valence-electron chi connectivity index (χ1n) is 5.09. The van der Waals surface area contributed by atoms with Gasteiger partial charge < -0.3 is 13.3 Å². The van der Waals surface area contributed by atoms with Crippen LogP contribution in [0.4, 0.5) is 0 Å². The van der Waals surface area contributed by atoms with Crippen molar-refractivity contribution in [2.75, 3.05) is 20.8 Å². The molecule has 0 saturated heterocycles. The van der Waals surface area contributed by atoms with Crippen LogP contribution in [0.25, 0.3) is 5.57 Å². The van der Waals surface area contributed by atoms with Gasteiger partial charge in [-0.15, -0.1) is 0 Å². The van der Waals surface area contributed by atoms with Crippen LogP contribution < -0.4 is 0 Å². The lowest BCUT2D eigenvalue weighted by Crippen LogP contribution is -2.40. The molecule has 1 rings (SSSR count). The second-order valence-electron chi connectivity index (χ2n) is 3.53. The molecule has 0 radical (unpaired) electrons. The zero-order valence-corrected chi connectivity index (χ0v) is 11.0. The molecular formula is C12H18O3Si. The van der Waals surface area contributed by atoms with Crippen molar-refractivity contribution in [3.63, 3.8) is 0 Å². The summed E-state index contributed by atoms with van der Waals surface area (Å²) in [6.07, 6.45) is 0. The SMILES string of the molecule is C=C(CO[Si](C)(OC)OC)c1ccccc1. The van der Waals surface area contributed by atoms with Crippen LogP contribution in [-0.4, -0.2) is 29.6 Å². The summed E-state index contributed by atoms with van der Waals surface area (Å²) < 4.78 is 16.1. The molecule has 3 nitrogen and oxygen atoms in total. The van der Waals surface area contributed by atoms with E-state index in [-0.39, 0.29) is 0 Å². The van der Waals surface area contributed by atoms with Gasteiger partial charge in [-0.1, -0.05) is 36.9 Å². The fourth-order valence-electron chi connectivity index (χ4n) is 1.18. The molecule has 0 aliphatic heterocycles. The molecule has 0 spiro atoms. The van der Waals surface area contributed by atoms with Crippen molar-refractivity contribution in [3.05, 3.63) is 42.5 Å². The normalized spacial score (nSPS) is 11.4. The molecule has 0 amide bonds. The molecule has 4 heteroatoms. The van der Waals surface area contributed by atoms with Crippen LogP contribution in [0.15, 0.2) is 36.9 Å². The predicted molar refractivity (Wildman–Crippen MR) is 67.1 cm³/mol. The lowest BCUT2D eigenvalue weighted by atomic mass is 10.1. The average molecular weight is 238 g/mol. The van der Waals surface area contributed by atoms with Crippen molar-refractivity contribution in [1.29, 1.82) is 0 Å². The van der Waals surface area contributed by atoms with E-state index in [1.165, 1.54) is 0 Å². The molecular weight excluding hydrogens is 220 g/mol. The predicted octanol–water partition coefficient (Wildman–Crippen LogP) is 2.58. The zero-order valence-electron chi connectivity index (χ0n) is 10.0. The van der Waals surface area contributed by atoms with E-state index in [2.05, 4.69) is 6.58 Å². The third kappa shape index (κ3) is 3.57. The summed E-state index contributed by atoms with van der Waals surface area (Å²) in [5.74, 6) is 0. The Morgan fingerprint density at radius 2 is 1.75 bits per heavy atom. The third-order valence-electron chi connectivity index (χ3n) is 2.43. The summed E-state index contributed by atoms with van der Waals surface area (Å²) in [4.78, 5) is 0. The highest BCUT2D eigenvalue weighted by molar-refractivity contribution is 6.59. The van der Waals surface area contributed by atoms with Crippen LogP contribution in [0.2, 0.25) is 6.55 Å². The first-order valence-corrected chi connectivity index (χ1v) is 7.31. The van der Waals surface area contributed by atoms with Gasteiger partial charge in [-0.05, 0) is 11.1 Å². The number of hydrogen-bond acceptors (Lipinski definition) is 3. The van der Waals surface area contributed by atoms with E-state index >= 15 is 0 Å². The standard InChI is InChI=1S/C12H18O3Si/c1-11(12-8-6-5-7-9-12)10-15-16(4,13-2)14-3/h5-9H,1,10H2,2-4H3. The Hall–Kier alpha value is -0.943. The highest BCUT2D eigenvalue weighted by atomic mass is 28.4. The van der Waals surface area contributed by atoms with E-state index in [1.807, 2.05) is 36.9 Å². The van der Waals surface area contributed by atoms with Crippen molar-refractivity contribution in [3.8, 4) is 0 Å². The van der Waals surface area contributed by atoms with Crippen molar-refractivity contribution >= 4 is 14.4 Å². The van der Waals surface area contributed by atoms with E-state index in [4.69, 9.17) is 13.3 Å². The smallest absolute Gasteiger partial charge is 0.377 e. The average Bonchev–Trinajstić information content (AvgIpc) is 2.36. The Morgan fingerprint density at radius 1 is 1.19 bits per heavy atom. The van der Waals surface area contributed by atoms with Crippen LogP contribution in [-0.2, 0) is 13.3 Å². The molecule has 0 aliphatic carbocycles. The highest BCUT2D eigenvalue weighted by Crippen LogP contribution is 2.15.